The quantitative estimate of drug-likeness (QED) is 0.540. The molecule has 7 heteroatoms. The van der Waals surface area contributed by atoms with E-state index in [-0.39, 0.29) is 29.2 Å². The van der Waals surface area contributed by atoms with Crippen LogP contribution in [0.1, 0.15) is 92.3 Å². The van der Waals surface area contributed by atoms with E-state index in [9.17, 15) is 4.79 Å². The minimum atomic E-state index is -0.414. The van der Waals surface area contributed by atoms with Gasteiger partial charge in [0.15, 0.2) is 0 Å². The van der Waals surface area contributed by atoms with E-state index in [1.165, 1.54) is 24.0 Å². The largest absolute Gasteiger partial charge is 0.494 e. The van der Waals surface area contributed by atoms with Gasteiger partial charge in [-0.15, -0.1) is 0 Å². The Morgan fingerprint density at radius 2 is 1.76 bits per heavy atom. The third-order valence-corrected chi connectivity index (χ3v) is 8.83. The first-order valence-electron chi connectivity index (χ1n) is 12.4. The van der Waals surface area contributed by atoms with Crippen LogP contribution < -0.4 is 5.46 Å². The van der Waals surface area contributed by atoms with Gasteiger partial charge in [0.2, 0.25) is 0 Å². The van der Waals surface area contributed by atoms with Crippen LogP contribution in [0.2, 0.25) is 0 Å². The zero-order chi connectivity index (χ0) is 23.6. The molecule has 0 radical (unpaired) electrons. The fourth-order valence-corrected chi connectivity index (χ4v) is 6.04. The summed E-state index contributed by atoms with van der Waals surface area (Å²) >= 11 is 0. The number of fused-ring (bicyclic) bond motifs is 9. The summed E-state index contributed by atoms with van der Waals surface area (Å²) in [4.78, 5) is 20.4. The van der Waals surface area contributed by atoms with Gasteiger partial charge in [-0.05, 0) is 81.2 Å². The maximum Gasteiger partial charge on any atom is 0.494 e. The van der Waals surface area contributed by atoms with Gasteiger partial charge in [0.25, 0.3) is 5.91 Å². The number of aromatic nitrogens is 2. The van der Waals surface area contributed by atoms with Crippen LogP contribution in [-0.4, -0.2) is 45.7 Å². The molecule has 6 nitrogen and oxygen atoms in total. The Morgan fingerprint density at radius 3 is 2.47 bits per heavy atom. The molecule has 1 saturated carbocycles. The number of rotatable bonds is 2. The number of hydrogen-bond donors (Lipinski definition) is 0. The zero-order valence-corrected chi connectivity index (χ0v) is 20.5. The Labute approximate surface area is 200 Å². The van der Waals surface area contributed by atoms with Gasteiger partial charge in [-0.3, -0.25) is 4.79 Å². The Morgan fingerprint density at radius 1 is 1.03 bits per heavy atom. The van der Waals surface area contributed by atoms with E-state index in [1.807, 2.05) is 18.0 Å². The molecule has 2 aromatic carbocycles. The van der Waals surface area contributed by atoms with E-state index in [0.29, 0.717) is 5.92 Å². The van der Waals surface area contributed by atoms with Crippen molar-refractivity contribution in [2.45, 2.75) is 76.2 Å². The molecule has 1 saturated heterocycles. The van der Waals surface area contributed by atoms with Crippen molar-refractivity contribution in [1.82, 2.24) is 14.5 Å². The van der Waals surface area contributed by atoms with E-state index in [1.54, 1.807) is 0 Å². The molecule has 2 fully saturated rings. The smallest absolute Gasteiger partial charge is 0.399 e. The second-order valence-electron chi connectivity index (χ2n) is 11.4. The second kappa shape index (κ2) is 6.52. The molecule has 1 aliphatic carbocycles. The summed E-state index contributed by atoms with van der Waals surface area (Å²) in [6.07, 6.45) is 3.29. The zero-order valence-electron chi connectivity index (χ0n) is 20.5. The third kappa shape index (κ3) is 2.65. The average Bonchev–Trinajstić information content (AvgIpc) is 3.44. The van der Waals surface area contributed by atoms with E-state index in [4.69, 9.17) is 14.3 Å². The molecule has 4 heterocycles. The van der Waals surface area contributed by atoms with Gasteiger partial charge in [0.05, 0.1) is 34.3 Å². The normalized spacial score (nSPS) is 26.7. The van der Waals surface area contributed by atoms with Gasteiger partial charge in [0.1, 0.15) is 5.82 Å². The minimum Gasteiger partial charge on any atom is -0.399 e. The number of benzene rings is 2. The molecule has 3 aromatic rings. The lowest BCUT2D eigenvalue weighted by Crippen LogP contribution is -2.41. The first-order chi connectivity index (χ1) is 16.2. The van der Waals surface area contributed by atoms with Gasteiger partial charge in [-0.1, -0.05) is 18.2 Å². The molecule has 1 aromatic heterocycles. The summed E-state index contributed by atoms with van der Waals surface area (Å²) < 4.78 is 15.1. The van der Waals surface area contributed by atoms with Gasteiger partial charge in [-0.2, -0.15) is 0 Å². The van der Waals surface area contributed by atoms with Crippen molar-refractivity contribution < 1.29 is 14.1 Å². The third-order valence-electron chi connectivity index (χ3n) is 8.83. The van der Waals surface area contributed by atoms with Crippen LogP contribution in [0.15, 0.2) is 36.4 Å². The van der Waals surface area contributed by atoms with Crippen LogP contribution in [-0.2, 0) is 9.31 Å². The highest BCUT2D eigenvalue weighted by Crippen LogP contribution is 2.52. The summed E-state index contributed by atoms with van der Waals surface area (Å²) in [5.74, 6) is 1.67. The Balaban J connectivity index is 1.41. The summed E-state index contributed by atoms with van der Waals surface area (Å²) in [6, 6.07) is 12.7. The highest BCUT2D eigenvalue weighted by Gasteiger charge is 2.52. The lowest BCUT2D eigenvalue weighted by Gasteiger charge is -2.32. The maximum atomic E-state index is 13.5. The molecular formula is C27H30BN3O3. The van der Waals surface area contributed by atoms with Crippen molar-refractivity contribution in [2.75, 3.05) is 7.05 Å². The predicted molar refractivity (Wildman–Crippen MR) is 131 cm³/mol. The molecule has 0 N–H and O–H groups in total. The van der Waals surface area contributed by atoms with E-state index < -0.39 is 7.12 Å². The fourth-order valence-electron chi connectivity index (χ4n) is 6.04. The second-order valence-corrected chi connectivity index (χ2v) is 11.4. The summed E-state index contributed by atoms with van der Waals surface area (Å²) in [6.45, 7) is 8.32. The van der Waals surface area contributed by atoms with Crippen molar-refractivity contribution >= 4 is 29.5 Å². The maximum absolute atomic E-state index is 13.5. The van der Waals surface area contributed by atoms with Crippen molar-refractivity contribution in [1.29, 1.82) is 0 Å². The van der Waals surface area contributed by atoms with E-state index in [0.717, 1.165) is 34.3 Å². The number of carbonyl (C=O) groups excluding carboxylic acids is 1. The van der Waals surface area contributed by atoms with Crippen molar-refractivity contribution in [2.24, 2.45) is 0 Å². The Hall–Kier alpha value is -2.64. The van der Waals surface area contributed by atoms with Gasteiger partial charge in [-0.25, -0.2) is 4.98 Å². The van der Waals surface area contributed by atoms with E-state index in [2.05, 4.69) is 62.6 Å². The lowest BCUT2D eigenvalue weighted by molar-refractivity contribution is 0.00578. The van der Waals surface area contributed by atoms with Crippen molar-refractivity contribution in [3.05, 3.63) is 58.9 Å². The number of imidazole rings is 1. The van der Waals surface area contributed by atoms with Gasteiger partial charge in [0, 0.05) is 19.0 Å². The fraction of sp³-hybridized carbons (Fsp3) is 0.481. The van der Waals surface area contributed by atoms with Crippen LogP contribution in [0, 0.1) is 0 Å². The standard InChI is InChI=1S/C27H30BN3O3/c1-26(2)27(3,4)34-28(33-26)16-11-12-19-20(13-16)31-21-14-22(24(31)29-19)30(5)25(32)18-8-6-7-17(23(18)21)15-9-10-15/h6-8,11-13,15,21-22H,9-10,14H2,1-5H3/t21-,22-/m1/s1. The highest BCUT2D eigenvalue weighted by molar-refractivity contribution is 6.62. The predicted octanol–water partition coefficient (Wildman–Crippen LogP) is 4.33. The molecule has 2 bridgehead atoms. The molecule has 2 atom stereocenters. The highest BCUT2D eigenvalue weighted by atomic mass is 16.7. The average molecular weight is 455 g/mol. The van der Waals surface area contributed by atoms with Crippen LogP contribution in [0.25, 0.3) is 11.0 Å². The molecule has 0 spiro atoms. The molecular weight excluding hydrogens is 425 g/mol. The molecule has 174 valence electrons. The molecule has 1 amide bonds. The van der Waals surface area contributed by atoms with Crippen molar-refractivity contribution in [3.8, 4) is 0 Å². The Bertz CT molecular complexity index is 1360. The monoisotopic (exact) mass is 455 g/mol. The molecule has 34 heavy (non-hydrogen) atoms. The van der Waals surface area contributed by atoms with Gasteiger partial charge < -0.3 is 18.8 Å². The molecule has 7 rings (SSSR count). The number of hydrogen-bond acceptors (Lipinski definition) is 4. The van der Waals surface area contributed by atoms with Crippen LogP contribution in [0.3, 0.4) is 0 Å². The molecule has 0 unspecified atom stereocenters. The van der Waals surface area contributed by atoms with E-state index >= 15 is 0 Å². The Kier molecular flexibility index (Phi) is 3.97. The van der Waals surface area contributed by atoms with Crippen molar-refractivity contribution in [3.63, 3.8) is 0 Å². The van der Waals surface area contributed by atoms with Gasteiger partial charge >= 0.3 is 7.12 Å². The first-order valence-corrected chi connectivity index (χ1v) is 12.4. The molecule has 3 aliphatic heterocycles. The number of nitrogens with zero attached hydrogens (tertiary/aromatic N) is 3. The SMILES string of the molecule is CN1C(=O)c2cccc(C3CC3)c2[C@H]2C[C@@H]1c1nc3ccc(B4OC(C)(C)C(C)(C)O4)cc3n12. The van der Waals surface area contributed by atoms with Crippen LogP contribution >= 0.6 is 0 Å². The molecule has 4 aliphatic rings. The lowest BCUT2D eigenvalue weighted by atomic mass is 9.79. The minimum absolute atomic E-state index is 0.0235. The number of carbonyl (C=O) groups is 1. The number of amides is 1. The topological polar surface area (TPSA) is 56.6 Å². The van der Waals surface area contributed by atoms with Crippen LogP contribution in [0.5, 0.6) is 0 Å². The summed E-state index contributed by atoms with van der Waals surface area (Å²) in [5.41, 5.74) is 5.70. The van der Waals surface area contributed by atoms with Crippen LogP contribution in [0.4, 0.5) is 0 Å². The first kappa shape index (κ1) is 20.7. The summed E-state index contributed by atoms with van der Waals surface area (Å²) in [5, 5.41) is 0. The summed E-state index contributed by atoms with van der Waals surface area (Å²) in [7, 11) is 1.51.